The Kier molecular flexibility index (Phi) is 6.98. The Hall–Kier alpha value is -3.59. The van der Waals surface area contributed by atoms with E-state index in [1.807, 2.05) is 19.0 Å². The van der Waals surface area contributed by atoms with Gasteiger partial charge in [-0.05, 0) is 62.5 Å². The first-order chi connectivity index (χ1) is 16.6. The maximum absolute atomic E-state index is 14.8. The van der Waals surface area contributed by atoms with Crippen LogP contribution in [-0.2, 0) is 0 Å². The van der Waals surface area contributed by atoms with Crippen LogP contribution in [0.15, 0.2) is 66.7 Å². The number of carbonyl (C=O) groups excluding carboxylic acids is 1. The zero-order valence-electron chi connectivity index (χ0n) is 19.3. The van der Waals surface area contributed by atoms with Gasteiger partial charge < -0.3 is 19.9 Å². The third-order valence-electron chi connectivity index (χ3n) is 6.01. The second kappa shape index (κ2) is 9.95. The molecule has 1 amide bonds. The van der Waals surface area contributed by atoms with E-state index in [1.54, 1.807) is 18.2 Å². The molecule has 5 nitrogen and oxygen atoms in total. The first-order valence-corrected chi connectivity index (χ1v) is 11.1. The highest BCUT2D eigenvalue weighted by Gasteiger charge is 2.32. The fraction of sp³-hybridized carbons (Fsp3) is 0.269. The topological polar surface area (TPSA) is 44.8 Å². The number of amides is 1. The van der Waals surface area contributed by atoms with Gasteiger partial charge in [-0.15, -0.1) is 13.2 Å². The first-order valence-electron chi connectivity index (χ1n) is 11.1. The summed E-state index contributed by atoms with van der Waals surface area (Å²) in [6.07, 6.45) is -3.86. The molecule has 0 aliphatic carbocycles. The smallest absolute Gasteiger partial charge is 0.405 e. The minimum absolute atomic E-state index is 0.243. The second-order valence-corrected chi connectivity index (χ2v) is 8.59. The Bertz CT molecular complexity index is 1200. The minimum Gasteiger partial charge on any atom is -0.405 e. The molecule has 1 unspecified atom stereocenters. The van der Waals surface area contributed by atoms with Gasteiger partial charge in [0.15, 0.2) is 0 Å². The monoisotopic (exact) mass is 487 g/mol. The lowest BCUT2D eigenvalue weighted by Gasteiger charge is -2.22. The number of nitrogens with zero attached hydrogens (tertiary/aromatic N) is 2. The summed E-state index contributed by atoms with van der Waals surface area (Å²) in [5.74, 6) is -1.21. The number of nitrogens with one attached hydrogen (secondary N) is 1. The molecule has 1 atom stereocenters. The van der Waals surface area contributed by atoms with Gasteiger partial charge in [-0.25, -0.2) is 4.39 Å². The van der Waals surface area contributed by atoms with Gasteiger partial charge >= 0.3 is 6.36 Å². The van der Waals surface area contributed by atoms with Crippen LogP contribution in [0.2, 0.25) is 0 Å². The molecule has 9 heteroatoms. The highest BCUT2D eigenvalue weighted by atomic mass is 19.4. The van der Waals surface area contributed by atoms with E-state index in [9.17, 15) is 22.4 Å². The van der Waals surface area contributed by atoms with Crippen molar-refractivity contribution >= 4 is 17.3 Å². The van der Waals surface area contributed by atoms with Gasteiger partial charge in [-0.3, -0.25) is 4.79 Å². The van der Waals surface area contributed by atoms with Gasteiger partial charge in [0.1, 0.15) is 11.6 Å². The molecule has 1 N–H and O–H groups in total. The molecule has 0 spiro atoms. The van der Waals surface area contributed by atoms with Gasteiger partial charge in [0.2, 0.25) is 0 Å². The SMILES string of the molecule is CN(C)C1CCN(c2ccc(NC(=O)c3ccc(-c4ccccc4OC(F)(F)F)cc3)cc2F)C1. The highest BCUT2D eigenvalue weighted by Crippen LogP contribution is 2.34. The van der Waals surface area contributed by atoms with Crippen molar-refractivity contribution in [2.45, 2.75) is 18.8 Å². The predicted molar refractivity (Wildman–Crippen MR) is 127 cm³/mol. The summed E-state index contributed by atoms with van der Waals surface area (Å²) in [6, 6.07) is 16.8. The average Bonchev–Trinajstić information content (AvgIpc) is 3.29. The number of para-hydroxylation sites is 1. The summed E-state index contributed by atoms with van der Waals surface area (Å²) in [6.45, 7) is 1.49. The second-order valence-electron chi connectivity index (χ2n) is 8.59. The average molecular weight is 487 g/mol. The van der Waals surface area contributed by atoms with E-state index in [2.05, 4.69) is 15.0 Å². The molecule has 35 heavy (non-hydrogen) atoms. The number of carbonyl (C=O) groups is 1. The third kappa shape index (κ3) is 5.92. The highest BCUT2D eigenvalue weighted by molar-refractivity contribution is 6.04. The Morgan fingerprint density at radius 2 is 1.77 bits per heavy atom. The van der Waals surface area contributed by atoms with Crippen LogP contribution in [0.25, 0.3) is 11.1 Å². The number of benzene rings is 3. The number of likely N-dealkylation sites (N-methyl/N-ethyl adjacent to an activating group) is 1. The molecule has 4 rings (SSSR count). The zero-order valence-corrected chi connectivity index (χ0v) is 19.3. The van der Waals surface area contributed by atoms with Crippen LogP contribution in [0.4, 0.5) is 28.9 Å². The van der Waals surface area contributed by atoms with Crippen LogP contribution in [0, 0.1) is 5.82 Å². The van der Waals surface area contributed by atoms with E-state index in [0.717, 1.165) is 19.5 Å². The zero-order chi connectivity index (χ0) is 25.2. The summed E-state index contributed by atoms with van der Waals surface area (Å²) in [5.41, 5.74) is 1.79. The predicted octanol–water partition coefficient (Wildman–Crippen LogP) is 5.78. The van der Waals surface area contributed by atoms with Crippen molar-refractivity contribution in [3.8, 4) is 16.9 Å². The van der Waals surface area contributed by atoms with Crippen molar-refractivity contribution < 1.29 is 27.1 Å². The number of halogens is 4. The van der Waals surface area contributed by atoms with Crippen LogP contribution < -0.4 is 15.0 Å². The molecular weight excluding hydrogens is 462 g/mol. The number of rotatable bonds is 6. The van der Waals surface area contributed by atoms with Crippen LogP contribution >= 0.6 is 0 Å². The number of hydrogen-bond donors (Lipinski definition) is 1. The van der Waals surface area contributed by atoms with Crippen LogP contribution in [0.1, 0.15) is 16.8 Å². The normalized spacial score (nSPS) is 16.0. The van der Waals surface area contributed by atoms with Crippen LogP contribution in [-0.4, -0.2) is 50.4 Å². The maximum Gasteiger partial charge on any atom is 0.573 e. The number of ether oxygens (including phenoxy) is 1. The summed E-state index contributed by atoms with van der Waals surface area (Å²) < 4.78 is 57.0. The Balaban J connectivity index is 1.45. The Labute approximate surface area is 200 Å². The van der Waals surface area contributed by atoms with E-state index >= 15 is 0 Å². The van der Waals surface area contributed by atoms with E-state index in [1.165, 1.54) is 48.5 Å². The van der Waals surface area contributed by atoms with E-state index < -0.39 is 18.1 Å². The largest absolute Gasteiger partial charge is 0.573 e. The molecule has 1 fully saturated rings. The van der Waals surface area contributed by atoms with Crippen molar-refractivity contribution in [2.75, 3.05) is 37.4 Å². The van der Waals surface area contributed by atoms with Crippen molar-refractivity contribution in [3.05, 3.63) is 78.1 Å². The van der Waals surface area contributed by atoms with Gasteiger partial charge in [-0.2, -0.15) is 0 Å². The van der Waals surface area contributed by atoms with Crippen molar-refractivity contribution in [2.24, 2.45) is 0 Å². The molecule has 0 radical (unpaired) electrons. The first kappa shape index (κ1) is 24.5. The Morgan fingerprint density at radius 1 is 1.06 bits per heavy atom. The number of alkyl halides is 3. The summed E-state index contributed by atoms with van der Waals surface area (Å²) in [5, 5.41) is 2.67. The lowest BCUT2D eigenvalue weighted by atomic mass is 10.0. The maximum atomic E-state index is 14.8. The molecular formula is C26H25F4N3O2. The summed E-state index contributed by atoms with van der Waals surface area (Å²) in [4.78, 5) is 16.8. The van der Waals surface area contributed by atoms with Crippen LogP contribution in [0.3, 0.4) is 0 Å². The Morgan fingerprint density at radius 3 is 2.40 bits per heavy atom. The van der Waals surface area contributed by atoms with E-state index in [0.29, 0.717) is 23.0 Å². The fourth-order valence-electron chi connectivity index (χ4n) is 4.15. The summed E-state index contributed by atoms with van der Waals surface area (Å²) in [7, 11) is 4.01. The molecule has 0 bridgehead atoms. The van der Waals surface area contributed by atoms with Crippen molar-refractivity contribution in [1.82, 2.24) is 4.90 Å². The van der Waals surface area contributed by atoms with Gasteiger partial charge in [-0.1, -0.05) is 30.3 Å². The van der Waals surface area contributed by atoms with Crippen LogP contribution in [0.5, 0.6) is 5.75 Å². The lowest BCUT2D eigenvalue weighted by Crippen LogP contribution is -2.31. The van der Waals surface area contributed by atoms with Crippen molar-refractivity contribution in [1.29, 1.82) is 0 Å². The molecule has 1 aliphatic heterocycles. The van der Waals surface area contributed by atoms with E-state index in [-0.39, 0.29) is 16.9 Å². The minimum atomic E-state index is -4.82. The van der Waals surface area contributed by atoms with Crippen molar-refractivity contribution in [3.63, 3.8) is 0 Å². The number of hydrogen-bond acceptors (Lipinski definition) is 4. The molecule has 1 saturated heterocycles. The lowest BCUT2D eigenvalue weighted by molar-refractivity contribution is -0.274. The molecule has 184 valence electrons. The van der Waals surface area contributed by atoms with E-state index in [4.69, 9.17) is 0 Å². The standard InChI is InChI=1S/C26H25F4N3O2/c1-32(2)20-13-14-33(16-20)23-12-11-19(15-22(23)27)31-25(34)18-9-7-17(8-10-18)21-5-3-4-6-24(21)35-26(28,29)30/h3-12,15,20H,13-14,16H2,1-2H3,(H,31,34). The third-order valence-corrected chi connectivity index (χ3v) is 6.01. The molecule has 1 aliphatic rings. The molecule has 3 aromatic carbocycles. The quantitative estimate of drug-likeness (QED) is 0.448. The summed E-state index contributed by atoms with van der Waals surface area (Å²) >= 11 is 0. The molecule has 0 saturated carbocycles. The van der Waals surface area contributed by atoms with Gasteiger partial charge in [0, 0.05) is 35.9 Å². The molecule has 3 aromatic rings. The van der Waals surface area contributed by atoms with Gasteiger partial charge in [0.05, 0.1) is 5.69 Å². The number of anilines is 2. The molecule has 0 aromatic heterocycles. The van der Waals surface area contributed by atoms with Gasteiger partial charge in [0.25, 0.3) is 5.91 Å². The molecule has 1 heterocycles. The fourth-order valence-corrected chi connectivity index (χ4v) is 4.15.